The number of hydrogen-bond acceptors (Lipinski definition) is 3. The van der Waals surface area contributed by atoms with Crippen LogP contribution >= 0.6 is 22.6 Å². The summed E-state index contributed by atoms with van der Waals surface area (Å²) in [6, 6.07) is 15.0. The number of carbonyl (C=O) groups excluding carboxylic acids is 2. The lowest BCUT2D eigenvalue weighted by atomic mass is 10.1. The smallest absolute Gasteiger partial charge is 0.261 e. The molecule has 1 atom stereocenters. The van der Waals surface area contributed by atoms with Gasteiger partial charge >= 0.3 is 0 Å². The molecule has 0 aliphatic carbocycles. The second-order valence-corrected chi connectivity index (χ2v) is 8.58. The third-order valence-electron chi connectivity index (χ3n) is 4.47. The van der Waals surface area contributed by atoms with E-state index in [1.807, 2.05) is 76.2 Å². The van der Waals surface area contributed by atoms with Crippen LogP contribution in [0.5, 0.6) is 5.75 Å². The summed E-state index contributed by atoms with van der Waals surface area (Å²) < 4.78 is 6.79. The standard InChI is InChI=1S/C23H29IN2O3/c1-5-21(23(28)25-16(2)3)26(14-18-8-6-17(4)7-9-18)22(27)15-29-20-12-10-19(24)11-13-20/h6-13,16,21H,5,14-15H2,1-4H3,(H,25,28)/t21-/m1/s1. The van der Waals surface area contributed by atoms with Crippen molar-refractivity contribution in [1.29, 1.82) is 0 Å². The molecule has 6 heteroatoms. The van der Waals surface area contributed by atoms with Crippen molar-refractivity contribution in [3.8, 4) is 5.75 Å². The number of halogens is 1. The summed E-state index contributed by atoms with van der Waals surface area (Å²) in [6.45, 7) is 8.01. The predicted octanol–water partition coefficient (Wildman–Crippen LogP) is 4.31. The Morgan fingerprint density at radius 1 is 1.07 bits per heavy atom. The van der Waals surface area contributed by atoms with Crippen molar-refractivity contribution in [2.45, 2.75) is 52.7 Å². The minimum atomic E-state index is -0.550. The molecule has 0 fully saturated rings. The molecule has 2 amide bonds. The van der Waals surface area contributed by atoms with E-state index in [2.05, 4.69) is 27.9 Å². The zero-order valence-electron chi connectivity index (χ0n) is 17.4. The third kappa shape index (κ3) is 7.34. The highest BCUT2D eigenvalue weighted by atomic mass is 127. The Balaban J connectivity index is 2.18. The lowest BCUT2D eigenvalue weighted by molar-refractivity contribution is -0.143. The number of nitrogens with one attached hydrogen (secondary N) is 1. The van der Waals surface area contributed by atoms with Crippen LogP contribution in [-0.2, 0) is 16.1 Å². The number of amides is 2. The Bertz CT molecular complexity index is 804. The zero-order valence-corrected chi connectivity index (χ0v) is 19.6. The van der Waals surface area contributed by atoms with Crippen molar-refractivity contribution in [2.24, 2.45) is 0 Å². The average molecular weight is 508 g/mol. The van der Waals surface area contributed by atoms with Crippen LogP contribution in [-0.4, -0.2) is 35.4 Å². The van der Waals surface area contributed by atoms with E-state index in [9.17, 15) is 9.59 Å². The van der Waals surface area contributed by atoms with Gasteiger partial charge in [0.1, 0.15) is 11.8 Å². The van der Waals surface area contributed by atoms with Crippen LogP contribution in [0.2, 0.25) is 0 Å². The molecule has 0 spiro atoms. The monoisotopic (exact) mass is 508 g/mol. The van der Waals surface area contributed by atoms with Gasteiger partial charge in [-0.2, -0.15) is 0 Å². The molecule has 156 valence electrons. The lowest BCUT2D eigenvalue weighted by Gasteiger charge is -2.31. The highest BCUT2D eigenvalue weighted by Crippen LogP contribution is 2.16. The van der Waals surface area contributed by atoms with E-state index in [1.54, 1.807) is 4.90 Å². The van der Waals surface area contributed by atoms with E-state index in [0.29, 0.717) is 18.7 Å². The summed E-state index contributed by atoms with van der Waals surface area (Å²) in [7, 11) is 0. The number of aryl methyl sites for hydroxylation is 1. The van der Waals surface area contributed by atoms with Gasteiger partial charge in [-0.1, -0.05) is 36.8 Å². The van der Waals surface area contributed by atoms with Gasteiger partial charge in [0.15, 0.2) is 6.61 Å². The van der Waals surface area contributed by atoms with Gasteiger partial charge in [-0.3, -0.25) is 9.59 Å². The van der Waals surface area contributed by atoms with Gasteiger partial charge in [-0.05, 0) is 79.6 Å². The third-order valence-corrected chi connectivity index (χ3v) is 5.19. The van der Waals surface area contributed by atoms with Crippen molar-refractivity contribution in [3.63, 3.8) is 0 Å². The fourth-order valence-corrected chi connectivity index (χ4v) is 3.31. The van der Waals surface area contributed by atoms with Crippen LogP contribution in [0.1, 0.15) is 38.3 Å². The van der Waals surface area contributed by atoms with Crippen molar-refractivity contribution in [3.05, 3.63) is 63.2 Å². The summed E-state index contributed by atoms with van der Waals surface area (Å²) in [5.74, 6) is 0.279. The SMILES string of the molecule is CC[C@H](C(=O)NC(C)C)N(Cc1ccc(C)cc1)C(=O)COc1ccc(I)cc1. The van der Waals surface area contributed by atoms with E-state index in [1.165, 1.54) is 0 Å². The lowest BCUT2D eigenvalue weighted by Crippen LogP contribution is -2.51. The summed E-state index contributed by atoms with van der Waals surface area (Å²) in [6.07, 6.45) is 0.527. The molecule has 0 saturated carbocycles. The largest absolute Gasteiger partial charge is 0.484 e. The van der Waals surface area contributed by atoms with Gasteiger partial charge in [-0.25, -0.2) is 0 Å². The Morgan fingerprint density at radius 3 is 2.24 bits per heavy atom. The van der Waals surface area contributed by atoms with Crippen molar-refractivity contribution >= 4 is 34.4 Å². The van der Waals surface area contributed by atoms with Crippen molar-refractivity contribution < 1.29 is 14.3 Å². The van der Waals surface area contributed by atoms with Gasteiger partial charge in [-0.15, -0.1) is 0 Å². The Kier molecular flexibility index (Phi) is 8.95. The van der Waals surface area contributed by atoms with E-state index in [0.717, 1.165) is 14.7 Å². The summed E-state index contributed by atoms with van der Waals surface area (Å²) in [5.41, 5.74) is 2.13. The van der Waals surface area contributed by atoms with Gasteiger partial charge in [0.2, 0.25) is 5.91 Å². The minimum absolute atomic E-state index is 0.0101. The fourth-order valence-electron chi connectivity index (χ4n) is 2.95. The average Bonchev–Trinajstić information content (AvgIpc) is 2.68. The molecule has 0 saturated heterocycles. The normalized spacial score (nSPS) is 11.8. The molecule has 0 radical (unpaired) electrons. The molecule has 0 aliphatic rings. The fraction of sp³-hybridized carbons (Fsp3) is 0.391. The Labute approximate surface area is 187 Å². The molecular formula is C23H29IN2O3. The second kappa shape index (κ2) is 11.2. The summed E-state index contributed by atoms with van der Waals surface area (Å²) in [5, 5.41) is 2.93. The molecule has 2 aromatic rings. The molecule has 0 heterocycles. The molecule has 0 bridgehead atoms. The van der Waals surface area contributed by atoms with Crippen molar-refractivity contribution in [2.75, 3.05) is 6.61 Å². The first kappa shape index (κ1) is 23.2. The first-order chi connectivity index (χ1) is 13.8. The highest BCUT2D eigenvalue weighted by molar-refractivity contribution is 14.1. The minimum Gasteiger partial charge on any atom is -0.484 e. The molecular weight excluding hydrogens is 479 g/mol. The molecule has 29 heavy (non-hydrogen) atoms. The molecule has 1 N–H and O–H groups in total. The van der Waals surface area contributed by atoms with E-state index in [4.69, 9.17) is 4.74 Å². The number of rotatable bonds is 9. The molecule has 0 aromatic heterocycles. The topological polar surface area (TPSA) is 58.6 Å². The quantitative estimate of drug-likeness (QED) is 0.514. The molecule has 2 rings (SSSR count). The van der Waals surface area contributed by atoms with Crippen molar-refractivity contribution in [1.82, 2.24) is 10.2 Å². The number of hydrogen-bond donors (Lipinski definition) is 1. The maximum atomic E-state index is 13.1. The van der Waals surface area contributed by atoms with Crippen LogP contribution in [0.15, 0.2) is 48.5 Å². The highest BCUT2D eigenvalue weighted by Gasteiger charge is 2.29. The second-order valence-electron chi connectivity index (χ2n) is 7.34. The van der Waals surface area contributed by atoms with E-state index < -0.39 is 6.04 Å². The van der Waals surface area contributed by atoms with Gasteiger partial charge in [0.05, 0.1) is 0 Å². The van der Waals surface area contributed by atoms with Crippen LogP contribution in [0, 0.1) is 10.5 Å². The van der Waals surface area contributed by atoms with Gasteiger partial charge in [0, 0.05) is 16.2 Å². The molecule has 0 aliphatic heterocycles. The maximum Gasteiger partial charge on any atom is 0.261 e. The van der Waals surface area contributed by atoms with Gasteiger partial charge < -0.3 is 15.0 Å². The number of nitrogens with zero attached hydrogens (tertiary/aromatic N) is 1. The first-order valence-corrected chi connectivity index (χ1v) is 10.9. The number of carbonyl (C=O) groups is 2. The first-order valence-electron chi connectivity index (χ1n) is 9.84. The van der Waals surface area contributed by atoms with Crippen LogP contribution in [0.3, 0.4) is 0 Å². The maximum absolute atomic E-state index is 13.1. The molecule has 2 aromatic carbocycles. The zero-order chi connectivity index (χ0) is 21.4. The Hall–Kier alpha value is -2.09. The molecule has 5 nitrogen and oxygen atoms in total. The molecule has 0 unspecified atom stereocenters. The summed E-state index contributed by atoms with van der Waals surface area (Å²) >= 11 is 2.22. The van der Waals surface area contributed by atoms with E-state index >= 15 is 0 Å². The summed E-state index contributed by atoms with van der Waals surface area (Å²) in [4.78, 5) is 27.4. The van der Waals surface area contributed by atoms with Crippen LogP contribution in [0.25, 0.3) is 0 Å². The van der Waals surface area contributed by atoms with Crippen LogP contribution in [0.4, 0.5) is 0 Å². The Morgan fingerprint density at radius 2 is 1.69 bits per heavy atom. The number of benzene rings is 2. The van der Waals surface area contributed by atoms with Gasteiger partial charge in [0.25, 0.3) is 5.91 Å². The van der Waals surface area contributed by atoms with E-state index in [-0.39, 0.29) is 24.5 Å². The van der Waals surface area contributed by atoms with Crippen LogP contribution < -0.4 is 10.1 Å². The number of ether oxygens (including phenoxy) is 1. The predicted molar refractivity (Wildman–Crippen MR) is 124 cm³/mol.